The highest BCUT2D eigenvalue weighted by atomic mass is 19.4. The summed E-state index contributed by atoms with van der Waals surface area (Å²) in [4.78, 5) is 11.1. The molecule has 0 aliphatic heterocycles. The number of alkyl halides is 6. The van der Waals surface area contributed by atoms with Crippen LogP contribution in [0.2, 0.25) is 0 Å². The van der Waals surface area contributed by atoms with Crippen molar-refractivity contribution in [2.75, 3.05) is 0 Å². The summed E-state index contributed by atoms with van der Waals surface area (Å²) >= 11 is 0. The van der Waals surface area contributed by atoms with Crippen molar-refractivity contribution in [1.82, 2.24) is 0 Å². The number of carboxylic acid groups (broad SMARTS) is 1. The van der Waals surface area contributed by atoms with Gasteiger partial charge in [0.25, 0.3) is 0 Å². The second kappa shape index (κ2) is 5.45. The predicted octanol–water partition coefficient (Wildman–Crippen LogP) is 3.83. The summed E-state index contributed by atoms with van der Waals surface area (Å²) in [5.41, 5.74) is 0.226. The van der Waals surface area contributed by atoms with Crippen LogP contribution >= 0.6 is 0 Å². The summed E-state index contributed by atoms with van der Waals surface area (Å²) in [7, 11) is 0. The van der Waals surface area contributed by atoms with E-state index >= 15 is 0 Å². The fourth-order valence-corrected chi connectivity index (χ4v) is 1.71. The van der Waals surface area contributed by atoms with Crippen LogP contribution in [0.25, 0.3) is 0 Å². The van der Waals surface area contributed by atoms with Crippen LogP contribution in [0.3, 0.4) is 0 Å². The van der Waals surface area contributed by atoms with Crippen molar-refractivity contribution in [2.45, 2.75) is 32.2 Å². The predicted molar refractivity (Wildman–Crippen MR) is 64.8 cm³/mol. The third-order valence-corrected chi connectivity index (χ3v) is 3.30. The lowest BCUT2D eigenvalue weighted by Crippen LogP contribution is -2.36. The number of halogens is 6. The van der Waals surface area contributed by atoms with Gasteiger partial charge in [-0.1, -0.05) is 0 Å². The molecule has 3 N–H and O–H groups in total. The molecule has 0 aliphatic carbocycles. The SMILES string of the molecule is CC(C)(C(=O)O)[C@H](N)c1cc(C(F)(F)F)cc(C(F)(F)F)c1. The molecular formula is C13H13F6NO2. The van der Waals surface area contributed by atoms with Gasteiger partial charge in [-0.2, -0.15) is 26.3 Å². The molecule has 0 amide bonds. The van der Waals surface area contributed by atoms with E-state index in [1.165, 1.54) is 0 Å². The van der Waals surface area contributed by atoms with Gasteiger partial charge in [0, 0.05) is 6.04 Å². The number of hydrogen-bond acceptors (Lipinski definition) is 2. The average Bonchev–Trinajstić information content (AvgIpc) is 2.34. The fourth-order valence-electron chi connectivity index (χ4n) is 1.71. The first-order valence-electron chi connectivity index (χ1n) is 5.95. The summed E-state index contributed by atoms with van der Waals surface area (Å²) in [6.07, 6.45) is -10.0. The standard InChI is InChI=1S/C13H13F6NO2/c1-11(2,10(21)22)9(20)6-3-7(12(14,15)16)5-8(4-6)13(17,18)19/h3-5,9H,20H2,1-2H3,(H,21,22)/t9-/m1/s1. The topological polar surface area (TPSA) is 63.3 Å². The summed E-state index contributed by atoms with van der Waals surface area (Å²) in [6.45, 7) is 2.24. The Balaban J connectivity index is 3.52. The number of hydrogen-bond donors (Lipinski definition) is 2. The summed E-state index contributed by atoms with van der Waals surface area (Å²) in [6, 6.07) is -0.715. The number of benzene rings is 1. The maximum absolute atomic E-state index is 12.7. The zero-order chi connectivity index (χ0) is 17.5. The Hall–Kier alpha value is -1.77. The molecule has 0 saturated carbocycles. The van der Waals surface area contributed by atoms with Gasteiger partial charge in [0.1, 0.15) is 0 Å². The maximum atomic E-state index is 12.7. The number of rotatable bonds is 3. The van der Waals surface area contributed by atoms with Crippen LogP contribution in [0.15, 0.2) is 18.2 Å². The van der Waals surface area contributed by atoms with Crippen molar-refractivity contribution in [3.63, 3.8) is 0 Å². The number of nitrogens with two attached hydrogens (primary N) is 1. The third-order valence-electron chi connectivity index (χ3n) is 3.30. The van der Waals surface area contributed by atoms with Crippen LogP contribution in [-0.4, -0.2) is 11.1 Å². The molecule has 0 radical (unpaired) electrons. The third kappa shape index (κ3) is 3.70. The molecule has 0 spiro atoms. The molecule has 1 rings (SSSR count). The molecule has 124 valence electrons. The zero-order valence-corrected chi connectivity index (χ0v) is 11.5. The monoisotopic (exact) mass is 329 g/mol. The lowest BCUT2D eigenvalue weighted by atomic mass is 9.80. The smallest absolute Gasteiger partial charge is 0.416 e. The van der Waals surface area contributed by atoms with Crippen LogP contribution in [0.4, 0.5) is 26.3 Å². The molecule has 0 unspecified atom stereocenters. The van der Waals surface area contributed by atoms with E-state index in [2.05, 4.69) is 0 Å². The van der Waals surface area contributed by atoms with Gasteiger partial charge in [0.15, 0.2) is 0 Å². The Morgan fingerprint density at radius 1 is 1.00 bits per heavy atom. The van der Waals surface area contributed by atoms with E-state index in [0.29, 0.717) is 12.1 Å². The van der Waals surface area contributed by atoms with Crippen molar-refractivity contribution in [3.05, 3.63) is 34.9 Å². The Morgan fingerprint density at radius 2 is 1.36 bits per heavy atom. The molecule has 0 heterocycles. The second-order valence-electron chi connectivity index (χ2n) is 5.34. The van der Waals surface area contributed by atoms with Crippen LogP contribution in [0, 0.1) is 5.41 Å². The normalized spacial score (nSPS) is 14.8. The van der Waals surface area contributed by atoms with Gasteiger partial charge in [0.05, 0.1) is 16.5 Å². The minimum Gasteiger partial charge on any atom is -0.481 e. The van der Waals surface area contributed by atoms with E-state index in [1.807, 2.05) is 0 Å². The highest BCUT2D eigenvalue weighted by Gasteiger charge is 2.40. The molecule has 1 atom stereocenters. The lowest BCUT2D eigenvalue weighted by molar-refractivity contribution is -0.148. The first kappa shape index (κ1) is 18.3. The molecule has 0 fully saturated rings. The highest BCUT2D eigenvalue weighted by molar-refractivity contribution is 5.75. The van der Waals surface area contributed by atoms with Gasteiger partial charge in [-0.25, -0.2) is 0 Å². The average molecular weight is 329 g/mol. The van der Waals surface area contributed by atoms with Crippen LogP contribution in [0.5, 0.6) is 0 Å². The van der Waals surface area contributed by atoms with Crippen molar-refractivity contribution < 1.29 is 36.2 Å². The van der Waals surface area contributed by atoms with Crippen molar-refractivity contribution in [2.24, 2.45) is 11.1 Å². The van der Waals surface area contributed by atoms with Crippen molar-refractivity contribution >= 4 is 5.97 Å². The van der Waals surface area contributed by atoms with Gasteiger partial charge < -0.3 is 10.8 Å². The van der Waals surface area contributed by atoms with E-state index in [9.17, 15) is 31.1 Å². The van der Waals surface area contributed by atoms with Crippen molar-refractivity contribution in [3.8, 4) is 0 Å². The van der Waals surface area contributed by atoms with Crippen LogP contribution < -0.4 is 5.73 Å². The van der Waals surface area contributed by atoms with Gasteiger partial charge in [-0.3, -0.25) is 4.79 Å². The van der Waals surface area contributed by atoms with Crippen molar-refractivity contribution in [1.29, 1.82) is 0 Å². The molecule has 0 saturated heterocycles. The molecule has 0 bridgehead atoms. The molecule has 1 aromatic rings. The molecule has 3 nitrogen and oxygen atoms in total. The first-order chi connectivity index (χ1) is 9.67. The van der Waals surface area contributed by atoms with Crippen LogP contribution in [0.1, 0.15) is 36.6 Å². The zero-order valence-electron chi connectivity index (χ0n) is 11.5. The number of aliphatic carboxylic acids is 1. The minimum absolute atomic E-state index is 0.0377. The molecule has 0 aromatic heterocycles. The van der Waals surface area contributed by atoms with Crippen LogP contribution in [-0.2, 0) is 17.1 Å². The van der Waals surface area contributed by atoms with Gasteiger partial charge in [0.2, 0.25) is 0 Å². The molecule has 22 heavy (non-hydrogen) atoms. The summed E-state index contributed by atoms with van der Waals surface area (Å²) in [5, 5.41) is 9.01. The maximum Gasteiger partial charge on any atom is 0.416 e. The van der Waals surface area contributed by atoms with Gasteiger partial charge in [-0.05, 0) is 37.6 Å². The van der Waals surface area contributed by atoms with E-state index in [1.54, 1.807) is 0 Å². The Morgan fingerprint density at radius 3 is 1.64 bits per heavy atom. The van der Waals surface area contributed by atoms with E-state index in [4.69, 9.17) is 10.8 Å². The largest absolute Gasteiger partial charge is 0.481 e. The van der Waals surface area contributed by atoms with Gasteiger partial charge in [-0.15, -0.1) is 0 Å². The summed E-state index contributed by atoms with van der Waals surface area (Å²) < 4.78 is 76.4. The Labute approximate surface area is 121 Å². The molecular weight excluding hydrogens is 316 g/mol. The van der Waals surface area contributed by atoms with E-state index < -0.39 is 46.5 Å². The second-order valence-corrected chi connectivity index (χ2v) is 5.34. The molecule has 1 aromatic carbocycles. The Kier molecular flexibility index (Phi) is 4.53. The molecule has 9 heteroatoms. The molecule has 0 aliphatic rings. The minimum atomic E-state index is -5.01. The number of carboxylic acids is 1. The Bertz CT molecular complexity index is 545. The fraction of sp³-hybridized carbons (Fsp3) is 0.462. The first-order valence-corrected chi connectivity index (χ1v) is 5.95. The van der Waals surface area contributed by atoms with E-state index in [0.717, 1.165) is 13.8 Å². The quantitative estimate of drug-likeness (QED) is 0.828. The summed E-state index contributed by atoms with van der Waals surface area (Å²) in [5.74, 6) is -1.44. The number of carbonyl (C=O) groups is 1. The lowest BCUT2D eigenvalue weighted by Gasteiger charge is -2.28. The van der Waals surface area contributed by atoms with E-state index in [-0.39, 0.29) is 6.07 Å². The highest BCUT2D eigenvalue weighted by Crippen LogP contribution is 2.40. The van der Waals surface area contributed by atoms with Gasteiger partial charge >= 0.3 is 18.3 Å².